The van der Waals surface area contributed by atoms with Crippen LogP contribution in [0.15, 0.2) is 0 Å². The zero-order valence-corrected chi connectivity index (χ0v) is 15.6. The molecule has 1 aromatic rings. The van der Waals surface area contributed by atoms with E-state index in [0.717, 1.165) is 17.8 Å². The quantitative estimate of drug-likeness (QED) is 0.897. The third kappa shape index (κ3) is 3.98. The van der Waals surface area contributed by atoms with Gasteiger partial charge in [-0.3, -0.25) is 9.58 Å². The van der Waals surface area contributed by atoms with E-state index in [1.54, 1.807) is 9.58 Å². The van der Waals surface area contributed by atoms with Crippen molar-refractivity contribution in [1.29, 1.82) is 0 Å². The Kier molecular flexibility index (Phi) is 5.26. The first-order valence-corrected chi connectivity index (χ1v) is 8.42. The Balaban J connectivity index is 2.37. The molecule has 1 amide bonds. The van der Waals surface area contributed by atoms with Gasteiger partial charge in [0.05, 0.1) is 11.7 Å². The van der Waals surface area contributed by atoms with Crippen LogP contribution in [0.25, 0.3) is 0 Å². The maximum absolute atomic E-state index is 12.6. The predicted molar refractivity (Wildman–Crippen MR) is 90.9 cm³/mol. The second-order valence-corrected chi connectivity index (χ2v) is 7.62. The molecule has 0 spiro atoms. The number of hydrogen-bond donors (Lipinski definition) is 1. The zero-order chi connectivity index (χ0) is 17.4. The molecule has 0 aliphatic carbocycles. The Morgan fingerprint density at radius 3 is 2.65 bits per heavy atom. The lowest BCUT2D eigenvalue weighted by molar-refractivity contribution is 0.0117. The number of rotatable bonds is 2. The number of carbonyl (C=O) groups excluding carboxylic acids is 1. The summed E-state index contributed by atoms with van der Waals surface area (Å²) >= 11 is 6.49. The van der Waals surface area contributed by atoms with Gasteiger partial charge in [0.2, 0.25) is 0 Å². The number of aryl methyl sites for hydroxylation is 1. The molecule has 23 heavy (non-hydrogen) atoms. The largest absolute Gasteiger partial charge is 0.444 e. The molecule has 0 saturated carbocycles. The van der Waals surface area contributed by atoms with E-state index in [9.17, 15) is 4.79 Å². The van der Waals surface area contributed by atoms with E-state index in [0.29, 0.717) is 18.2 Å². The van der Waals surface area contributed by atoms with E-state index < -0.39 is 5.60 Å². The molecule has 1 saturated heterocycles. The van der Waals surface area contributed by atoms with Crippen molar-refractivity contribution in [1.82, 2.24) is 20.0 Å². The first kappa shape index (κ1) is 18.1. The normalized spacial score (nSPS) is 19.3. The van der Waals surface area contributed by atoms with E-state index in [1.807, 2.05) is 27.8 Å². The second-order valence-electron chi connectivity index (χ2n) is 7.26. The van der Waals surface area contributed by atoms with E-state index >= 15 is 0 Å². The SMILES string of the molecule is CC(C)c1nn(C)c(Cl)c1C1CNCCN1C(=O)OC(C)(C)C. The molecule has 1 unspecified atom stereocenters. The standard InChI is InChI=1S/C16H27ClN4O2/c1-10(2)13-12(14(17)20(6)19-13)11-9-18-7-8-21(11)15(22)23-16(3,4)5/h10-11,18H,7-9H2,1-6H3. The summed E-state index contributed by atoms with van der Waals surface area (Å²) in [5.41, 5.74) is 1.33. The monoisotopic (exact) mass is 342 g/mol. The summed E-state index contributed by atoms with van der Waals surface area (Å²) in [6.45, 7) is 11.7. The average Bonchev–Trinajstić information content (AvgIpc) is 2.73. The second kappa shape index (κ2) is 6.69. The number of nitrogens with zero attached hydrogens (tertiary/aromatic N) is 3. The van der Waals surface area contributed by atoms with Crippen LogP contribution in [0.3, 0.4) is 0 Å². The highest BCUT2D eigenvalue weighted by Gasteiger charge is 2.36. The molecule has 2 rings (SSSR count). The number of piperazine rings is 1. The minimum absolute atomic E-state index is 0.169. The van der Waals surface area contributed by atoms with Gasteiger partial charge < -0.3 is 10.1 Å². The average molecular weight is 343 g/mol. The Hall–Kier alpha value is -1.27. The fourth-order valence-corrected chi connectivity index (χ4v) is 3.04. The lowest BCUT2D eigenvalue weighted by Crippen LogP contribution is -2.50. The maximum atomic E-state index is 12.6. The molecule has 130 valence electrons. The fourth-order valence-electron chi connectivity index (χ4n) is 2.78. The molecule has 0 radical (unpaired) electrons. The highest BCUT2D eigenvalue weighted by molar-refractivity contribution is 6.30. The highest BCUT2D eigenvalue weighted by atomic mass is 35.5. The third-order valence-electron chi connectivity index (χ3n) is 3.79. The molecule has 1 fully saturated rings. The van der Waals surface area contributed by atoms with Gasteiger partial charge in [0.1, 0.15) is 10.8 Å². The van der Waals surface area contributed by atoms with Crippen LogP contribution >= 0.6 is 11.6 Å². The maximum Gasteiger partial charge on any atom is 0.410 e. The van der Waals surface area contributed by atoms with Gasteiger partial charge in [0.15, 0.2) is 0 Å². The van der Waals surface area contributed by atoms with Gasteiger partial charge in [-0.25, -0.2) is 4.79 Å². The molecule has 6 nitrogen and oxygen atoms in total. The first-order valence-electron chi connectivity index (χ1n) is 8.04. The van der Waals surface area contributed by atoms with Crippen molar-refractivity contribution >= 4 is 17.7 Å². The van der Waals surface area contributed by atoms with E-state index in [2.05, 4.69) is 24.3 Å². The summed E-state index contributed by atoms with van der Waals surface area (Å²) in [5.74, 6) is 0.228. The minimum Gasteiger partial charge on any atom is -0.444 e. The molecule has 1 N–H and O–H groups in total. The predicted octanol–water partition coefficient (Wildman–Crippen LogP) is 3.08. The summed E-state index contributed by atoms with van der Waals surface area (Å²) in [5, 5.41) is 8.45. The van der Waals surface area contributed by atoms with Crippen molar-refractivity contribution in [3.8, 4) is 0 Å². The fraction of sp³-hybridized carbons (Fsp3) is 0.750. The molecular formula is C16H27ClN4O2. The van der Waals surface area contributed by atoms with Crippen LogP contribution in [0.2, 0.25) is 5.15 Å². The van der Waals surface area contributed by atoms with Gasteiger partial charge >= 0.3 is 6.09 Å². The van der Waals surface area contributed by atoms with Crippen LogP contribution in [0.1, 0.15) is 57.8 Å². The van der Waals surface area contributed by atoms with Gasteiger partial charge in [-0.15, -0.1) is 0 Å². The van der Waals surface area contributed by atoms with Crippen molar-refractivity contribution in [3.63, 3.8) is 0 Å². The zero-order valence-electron chi connectivity index (χ0n) is 14.8. The molecule has 1 aliphatic heterocycles. The molecule has 0 aromatic carbocycles. The number of amides is 1. The molecule has 1 atom stereocenters. The molecule has 7 heteroatoms. The summed E-state index contributed by atoms with van der Waals surface area (Å²) in [6, 6.07) is -0.169. The summed E-state index contributed by atoms with van der Waals surface area (Å²) in [7, 11) is 1.83. The van der Waals surface area contributed by atoms with E-state index in [1.165, 1.54) is 0 Å². The van der Waals surface area contributed by atoms with Crippen LogP contribution < -0.4 is 5.32 Å². The third-order valence-corrected chi connectivity index (χ3v) is 4.24. The van der Waals surface area contributed by atoms with Crippen LogP contribution in [0.5, 0.6) is 0 Å². The van der Waals surface area contributed by atoms with Crippen LogP contribution in [-0.2, 0) is 11.8 Å². The van der Waals surface area contributed by atoms with Crippen molar-refractivity contribution in [2.24, 2.45) is 7.05 Å². The molecule has 1 aliphatic rings. The molecular weight excluding hydrogens is 316 g/mol. The number of nitrogens with one attached hydrogen (secondary N) is 1. The van der Waals surface area contributed by atoms with Gasteiger partial charge in [0.25, 0.3) is 0 Å². The number of aromatic nitrogens is 2. The van der Waals surface area contributed by atoms with Gasteiger partial charge in [0, 0.05) is 32.2 Å². The van der Waals surface area contributed by atoms with Crippen LogP contribution in [-0.4, -0.2) is 46.0 Å². The molecule has 1 aromatic heterocycles. The number of ether oxygens (including phenoxy) is 1. The summed E-state index contributed by atoms with van der Waals surface area (Å²) < 4.78 is 7.24. The molecule has 0 bridgehead atoms. The highest BCUT2D eigenvalue weighted by Crippen LogP contribution is 2.35. The van der Waals surface area contributed by atoms with Gasteiger partial charge in [-0.1, -0.05) is 25.4 Å². The van der Waals surface area contributed by atoms with Gasteiger partial charge in [-0.05, 0) is 26.7 Å². The Morgan fingerprint density at radius 1 is 1.43 bits per heavy atom. The number of hydrogen-bond acceptors (Lipinski definition) is 4. The lowest BCUT2D eigenvalue weighted by Gasteiger charge is -2.37. The number of carbonyl (C=O) groups is 1. The van der Waals surface area contributed by atoms with Crippen LogP contribution in [0.4, 0.5) is 4.79 Å². The summed E-state index contributed by atoms with van der Waals surface area (Å²) in [4.78, 5) is 14.4. The van der Waals surface area contributed by atoms with Gasteiger partial charge in [-0.2, -0.15) is 5.10 Å². The van der Waals surface area contributed by atoms with E-state index in [4.69, 9.17) is 16.3 Å². The smallest absolute Gasteiger partial charge is 0.410 e. The van der Waals surface area contributed by atoms with Crippen molar-refractivity contribution in [2.45, 2.75) is 52.2 Å². The first-order chi connectivity index (χ1) is 10.6. The summed E-state index contributed by atoms with van der Waals surface area (Å²) in [6.07, 6.45) is -0.307. The Bertz CT molecular complexity index is 577. The van der Waals surface area contributed by atoms with Crippen molar-refractivity contribution in [3.05, 3.63) is 16.4 Å². The minimum atomic E-state index is -0.522. The van der Waals surface area contributed by atoms with Crippen LogP contribution in [0, 0.1) is 0 Å². The Morgan fingerprint density at radius 2 is 2.09 bits per heavy atom. The number of halogens is 1. The van der Waals surface area contributed by atoms with E-state index in [-0.39, 0.29) is 18.1 Å². The van der Waals surface area contributed by atoms with Crippen molar-refractivity contribution in [2.75, 3.05) is 19.6 Å². The lowest BCUT2D eigenvalue weighted by atomic mass is 9.98. The topological polar surface area (TPSA) is 59.4 Å². The van der Waals surface area contributed by atoms with Crippen molar-refractivity contribution < 1.29 is 9.53 Å². The molecule has 2 heterocycles. The Labute approximate surface area is 143 Å².